The Labute approximate surface area is 103 Å². The molecule has 1 aromatic carbocycles. The van der Waals surface area contributed by atoms with Gasteiger partial charge in [-0.3, -0.25) is 4.90 Å². The van der Waals surface area contributed by atoms with Crippen molar-refractivity contribution in [2.24, 2.45) is 5.92 Å². The molecule has 1 aromatic rings. The normalized spacial score (nSPS) is 26.7. The fourth-order valence-corrected chi connectivity index (χ4v) is 2.58. The number of hydrogen-bond donors (Lipinski definition) is 1. The molecule has 3 heteroatoms. The van der Waals surface area contributed by atoms with Crippen LogP contribution in [0.3, 0.4) is 0 Å². The van der Waals surface area contributed by atoms with Gasteiger partial charge in [0, 0.05) is 38.6 Å². The maximum Gasteiger partial charge on any atom is 0.0755 e. The van der Waals surface area contributed by atoms with Crippen molar-refractivity contribution in [2.45, 2.75) is 12.6 Å². The topological polar surface area (TPSA) is 24.5 Å². The number of nitrogens with zero attached hydrogens (tertiary/aromatic N) is 1. The Hall–Kier alpha value is -0.900. The fourth-order valence-electron chi connectivity index (χ4n) is 2.58. The van der Waals surface area contributed by atoms with E-state index in [2.05, 4.69) is 40.5 Å². The lowest BCUT2D eigenvalue weighted by atomic mass is 9.95. The van der Waals surface area contributed by atoms with Crippen molar-refractivity contribution < 1.29 is 4.74 Å². The van der Waals surface area contributed by atoms with Crippen LogP contribution in [0.4, 0.5) is 0 Å². The van der Waals surface area contributed by atoms with Crippen LogP contribution < -0.4 is 5.32 Å². The van der Waals surface area contributed by atoms with E-state index in [1.54, 1.807) is 0 Å². The number of hydrogen-bond acceptors (Lipinski definition) is 3. The van der Waals surface area contributed by atoms with Gasteiger partial charge in [0.15, 0.2) is 0 Å². The Morgan fingerprint density at radius 3 is 2.76 bits per heavy atom. The molecule has 17 heavy (non-hydrogen) atoms. The van der Waals surface area contributed by atoms with Crippen LogP contribution in [0.25, 0.3) is 0 Å². The second-order valence-corrected chi connectivity index (χ2v) is 5.05. The summed E-state index contributed by atoms with van der Waals surface area (Å²) in [5.74, 6) is 0.730. The zero-order valence-electron chi connectivity index (χ0n) is 10.1. The average Bonchev–Trinajstić information content (AvgIpc) is 2.28. The molecule has 0 aromatic heterocycles. The van der Waals surface area contributed by atoms with Crippen LogP contribution in [-0.2, 0) is 11.3 Å². The smallest absolute Gasteiger partial charge is 0.0755 e. The summed E-state index contributed by atoms with van der Waals surface area (Å²) in [4.78, 5) is 2.52. The Kier molecular flexibility index (Phi) is 3.41. The van der Waals surface area contributed by atoms with Gasteiger partial charge in [-0.1, -0.05) is 30.3 Å². The van der Waals surface area contributed by atoms with Crippen LogP contribution in [0.5, 0.6) is 0 Å². The molecule has 3 nitrogen and oxygen atoms in total. The third-order valence-corrected chi connectivity index (χ3v) is 3.77. The fraction of sp³-hybridized carbons (Fsp3) is 0.571. The first-order chi connectivity index (χ1) is 8.42. The minimum Gasteiger partial charge on any atom is -0.375 e. The van der Waals surface area contributed by atoms with Crippen LogP contribution in [0.2, 0.25) is 0 Å². The lowest BCUT2D eigenvalue weighted by molar-refractivity contribution is -0.0702. The van der Waals surface area contributed by atoms with Crippen LogP contribution in [0.1, 0.15) is 5.56 Å². The number of morpholine rings is 1. The van der Waals surface area contributed by atoms with E-state index < -0.39 is 0 Å². The molecule has 0 aliphatic carbocycles. The third kappa shape index (κ3) is 2.68. The van der Waals surface area contributed by atoms with Crippen molar-refractivity contribution in [1.82, 2.24) is 10.2 Å². The van der Waals surface area contributed by atoms with Crippen LogP contribution in [-0.4, -0.2) is 43.8 Å². The van der Waals surface area contributed by atoms with E-state index in [-0.39, 0.29) is 0 Å². The first-order valence-electron chi connectivity index (χ1n) is 6.50. The van der Waals surface area contributed by atoms with Gasteiger partial charge in [-0.25, -0.2) is 0 Å². The summed E-state index contributed by atoms with van der Waals surface area (Å²) in [6.45, 7) is 6.34. The second kappa shape index (κ2) is 5.17. The predicted octanol–water partition coefficient (Wildman–Crippen LogP) is 1.11. The summed E-state index contributed by atoms with van der Waals surface area (Å²) in [6, 6.07) is 10.7. The molecular formula is C14H20N2O. The minimum absolute atomic E-state index is 0.439. The van der Waals surface area contributed by atoms with Gasteiger partial charge in [-0.15, -0.1) is 0 Å². The monoisotopic (exact) mass is 232 g/mol. The summed E-state index contributed by atoms with van der Waals surface area (Å²) in [7, 11) is 0. The molecule has 0 saturated carbocycles. The summed E-state index contributed by atoms with van der Waals surface area (Å²) in [6.07, 6.45) is 0.439. The maximum atomic E-state index is 5.87. The van der Waals surface area contributed by atoms with Crippen molar-refractivity contribution >= 4 is 0 Å². The van der Waals surface area contributed by atoms with Gasteiger partial charge in [0.25, 0.3) is 0 Å². The highest BCUT2D eigenvalue weighted by atomic mass is 16.5. The van der Waals surface area contributed by atoms with Crippen LogP contribution >= 0.6 is 0 Å². The van der Waals surface area contributed by atoms with Crippen molar-refractivity contribution in [1.29, 1.82) is 0 Å². The summed E-state index contributed by atoms with van der Waals surface area (Å²) < 4.78 is 5.87. The minimum atomic E-state index is 0.439. The molecule has 2 saturated heterocycles. The molecule has 2 fully saturated rings. The lowest BCUT2D eigenvalue weighted by Crippen LogP contribution is -2.55. The summed E-state index contributed by atoms with van der Waals surface area (Å²) in [5.41, 5.74) is 1.40. The van der Waals surface area contributed by atoms with Crippen molar-refractivity contribution in [3.63, 3.8) is 0 Å². The Morgan fingerprint density at radius 1 is 1.24 bits per heavy atom. The number of ether oxygens (including phenoxy) is 1. The van der Waals surface area contributed by atoms with E-state index in [0.717, 1.165) is 45.2 Å². The van der Waals surface area contributed by atoms with E-state index in [9.17, 15) is 0 Å². The van der Waals surface area contributed by atoms with Gasteiger partial charge in [-0.2, -0.15) is 0 Å². The van der Waals surface area contributed by atoms with E-state index in [0.29, 0.717) is 6.10 Å². The molecule has 0 spiro atoms. The molecule has 0 radical (unpaired) electrons. The van der Waals surface area contributed by atoms with Crippen molar-refractivity contribution in [2.75, 3.05) is 32.8 Å². The second-order valence-electron chi connectivity index (χ2n) is 5.05. The van der Waals surface area contributed by atoms with Crippen molar-refractivity contribution in [3.05, 3.63) is 35.9 Å². The van der Waals surface area contributed by atoms with Crippen LogP contribution in [0.15, 0.2) is 30.3 Å². The van der Waals surface area contributed by atoms with Gasteiger partial charge in [0.1, 0.15) is 0 Å². The molecule has 0 bridgehead atoms. The molecule has 2 aliphatic heterocycles. The van der Waals surface area contributed by atoms with E-state index in [1.165, 1.54) is 5.56 Å². The number of nitrogens with one attached hydrogen (secondary N) is 1. The van der Waals surface area contributed by atoms with Gasteiger partial charge < -0.3 is 10.1 Å². The van der Waals surface area contributed by atoms with Gasteiger partial charge in [0.05, 0.1) is 12.7 Å². The molecule has 3 rings (SSSR count). The molecule has 2 heterocycles. The summed E-state index contributed by atoms with van der Waals surface area (Å²) in [5, 5.41) is 3.32. The van der Waals surface area contributed by atoms with Crippen LogP contribution in [0, 0.1) is 5.92 Å². The standard InChI is InChI=1S/C14H20N2O/c1-2-4-12(5-3-1)10-16-6-7-17-14(11-16)13-8-15-9-13/h1-5,13-15H,6-11H2. The largest absolute Gasteiger partial charge is 0.375 e. The number of benzene rings is 1. The quantitative estimate of drug-likeness (QED) is 0.845. The van der Waals surface area contributed by atoms with Gasteiger partial charge in [-0.05, 0) is 5.56 Å². The Morgan fingerprint density at radius 2 is 2.06 bits per heavy atom. The zero-order chi connectivity index (χ0) is 11.5. The maximum absolute atomic E-state index is 5.87. The first-order valence-corrected chi connectivity index (χ1v) is 6.50. The third-order valence-electron chi connectivity index (χ3n) is 3.77. The molecule has 1 unspecified atom stereocenters. The molecule has 92 valence electrons. The zero-order valence-corrected chi connectivity index (χ0v) is 10.1. The molecule has 1 atom stereocenters. The van der Waals surface area contributed by atoms with E-state index >= 15 is 0 Å². The molecule has 1 N–H and O–H groups in total. The highest BCUT2D eigenvalue weighted by molar-refractivity contribution is 5.14. The molecule has 0 amide bonds. The lowest BCUT2D eigenvalue weighted by Gasteiger charge is -2.40. The van der Waals surface area contributed by atoms with Crippen molar-refractivity contribution in [3.8, 4) is 0 Å². The van der Waals surface area contributed by atoms with E-state index in [4.69, 9.17) is 4.74 Å². The summed E-state index contributed by atoms with van der Waals surface area (Å²) >= 11 is 0. The van der Waals surface area contributed by atoms with Gasteiger partial charge >= 0.3 is 0 Å². The SMILES string of the molecule is c1ccc(CN2CCOC(C3CNC3)C2)cc1. The van der Waals surface area contributed by atoms with Gasteiger partial charge in [0.2, 0.25) is 0 Å². The highest BCUT2D eigenvalue weighted by Crippen LogP contribution is 2.18. The molecular weight excluding hydrogens is 212 g/mol. The first kappa shape index (κ1) is 11.2. The Bertz CT molecular complexity index is 350. The Balaban J connectivity index is 1.56. The number of rotatable bonds is 3. The molecule has 2 aliphatic rings. The highest BCUT2D eigenvalue weighted by Gasteiger charge is 2.31. The van der Waals surface area contributed by atoms with E-state index in [1.807, 2.05) is 0 Å². The average molecular weight is 232 g/mol. The predicted molar refractivity (Wildman–Crippen MR) is 67.8 cm³/mol.